The summed E-state index contributed by atoms with van der Waals surface area (Å²) < 4.78 is 16.6. The molecule has 43 heavy (non-hydrogen) atoms. The third-order valence-corrected chi connectivity index (χ3v) is 6.98. The second kappa shape index (κ2) is 18.4. The van der Waals surface area contributed by atoms with Gasteiger partial charge in [-0.3, -0.25) is 0 Å². The smallest absolute Gasteiger partial charge is 0.335 e. The van der Waals surface area contributed by atoms with Gasteiger partial charge in [-0.15, -0.1) is 0 Å². The average Bonchev–Trinajstić information content (AvgIpc) is 2.99. The van der Waals surface area contributed by atoms with E-state index >= 15 is 0 Å². The van der Waals surface area contributed by atoms with Crippen LogP contribution >= 0.6 is 0 Å². The van der Waals surface area contributed by atoms with Crippen molar-refractivity contribution in [1.82, 2.24) is 0 Å². The fourth-order valence-corrected chi connectivity index (χ4v) is 4.97. The molecule has 7 heteroatoms. The Morgan fingerprint density at radius 2 is 0.605 bits per heavy atom. The molecule has 0 amide bonds. The molecule has 0 bridgehead atoms. The van der Waals surface area contributed by atoms with Crippen LogP contribution in [0.4, 0.5) is 0 Å². The molecule has 0 saturated heterocycles. The van der Waals surface area contributed by atoms with Gasteiger partial charge in [0.15, 0.2) is 0 Å². The second-order valence-electron chi connectivity index (χ2n) is 10.5. The Labute approximate surface area is 259 Å². The third kappa shape index (κ3) is 10.6. The lowest BCUT2D eigenvalue weighted by atomic mass is 9.96. The van der Waals surface area contributed by atoms with E-state index in [9.17, 15) is 20.4 Å². The molecule has 4 rings (SSSR count). The first-order chi connectivity index (χ1) is 20.7. The standard InChI is InChI=1S/2C18H22O2.O2S/c2*1-3-5-13-7-9-17(19)15(11-13)16-12-14(6-4-2)8-10-18(16)20;1-3-2/h2*7-12,19-20H,3-6H2,1-2H3;. The van der Waals surface area contributed by atoms with Gasteiger partial charge in [-0.1, -0.05) is 77.6 Å². The Hall–Kier alpha value is -4.10. The number of rotatable bonds is 10. The molecule has 230 valence electrons. The van der Waals surface area contributed by atoms with Crippen molar-refractivity contribution < 1.29 is 28.8 Å². The van der Waals surface area contributed by atoms with Gasteiger partial charge < -0.3 is 20.4 Å². The van der Waals surface area contributed by atoms with E-state index in [2.05, 4.69) is 27.7 Å². The molecule has 0 aliphatic heterocycles. The van der Waals surface area contributed by atoms with E-state index < -0.39 is 11.6 Å². The molecule has 0 spiro atoms. The lowest BCUT2D eigenvalue weighted by Crippen LogP contribution is -1.89. The summed E-state index contributed by atoms with van der Waals surface area (Å²) in [5, 5.41) is 40.4. The van der Waals surface area contributed by atoms with E-state index in [1.165, 1.54) is 22.3 Å². The molecule has 0 atom stereocenters. The summed E-state index contributed by atoms with van der Waals surface area (Å²) in [6.45, 7) is 8.52. The topological polar surface area (TPSA) is 115 Å². The number of aromatic hydroxyl groups is 4. The third-order valence-electron chi connectivity index (χ3n) is 6.98. The maximum atomic E-state index is 10.1. The molecule has 0 radical (unpaired) electrons. The highest BCUT2D eigenvalue weighted by Crippen LogP contribution is 2.38. The Balaban J connectivity index is 0.000000275. The van der Waals surface area contributed by atoms with E-state index in [-0.39, 0.29) is 23.0 Å². The molecule has 0 fully saturated rings. The van der Waals surface area contributed by atoms with Gasteiger partial charge in [0.1, 0.15) is 23.0 Å². The monoisotopic (exact) mass is 604 g/mol. The predicted octanol–water partition coefficient (Wildman–Crippen LogP) is 8.67. The fourth-order valence-electron chi connectivity index (χ4n) is 4.97. The molecule has 0 saturated carbocycles. The van der Waals surface area contributed by atoms with Gasteiger partial charge in [0.2, 0.25) is 0 Å². The quantitative estimate of drug-likeness (QED) is 0.144. The van der Waals surface area contributed by atoms with Gasteiger partial charge in [-0.2, -0.15) is 8.42 Å². The second-order valence-corrected chi connectivity index (χ2v) is 10.6. The van der Waals surface area contributed by atoms with Crippen LogP contribution in [0, 0.1) is 0 Å². The Morgan fingerprint density at radius 3 is 0.767 bits per heavy atom. The number of benzene rings is 4. The number of hydrogen-bond donors (Lipinski definition) is 4. The summed E-state index contributed by atoms with van der Waals surface area (Å²) in [6.07, 6.45) is 8.15. The highest BCUT2D eigenvalue weighted by Gasteiger charge is 2.12. The normalized spacial score (nSPS) is 10.2. The number of aryl methyl sites for hydroxylation is 4. The van der Waals surface area contributed by atoms with E-state index in [0.29, 0.717) is 22.3 Å². The van der Waals surface area contributed by atoms with Crippen molar-refractivity contribution in [3.05, 3.63) is 95.1 Å². The molecule has 0 aliphatic rings. The van der Waals surface area contributed by atoms with Gasteiger partial charge in [-0.25, -0.2) is 0 Å². The first kappa shape index (κ1) is 35.1. The maximum absolute atomic E-state index is 10.1. The van der Waals surface area contributed by atoms with Crippen LogP contribution in [0.15, 0.2) is 72.8 Å². The lowest BCUT2D eigenvalue weighted by molar-refractivity contribution is 0.469. The minimum absolute atomic E-state index is 0.216. The van der Waals surface area contributed by atoms with Crippen molar-refractivity contribution in [3.8, 4) is 45.3 Å². The van der Waals surface area contributed by atoms with Crippen LogP contribution in [0.3, 0.4) is 0 Å². The molecular weight excluding hydrogens is 560 g/mol. The maximum Gasteiger partial charge on any atom is 0.335 e. The van der Waals surface area contributed by atoms with Crippen molar-refractivity contribution in [2.75, 3.05) is 0 Å². The van der Waals surface area contributed by atoms with Crippen molar-refractivity contribution in [1.29, 1.82) is 0 Å². The number of phenols is 4. The van der Waals surface area contributed by atoms with Gasteiger partial charge in [0.25, 0.3) is 0 Å². The van der Waals surface area contributed by atoms with Crippen molar-refractivity contribution in [2.24, 2.45) is 0 Å². The summed E-state index contributed by atoms with van der Waals surface area (Å²) in [5.41, 5.74) is 7.58. The zero-order valence-electron chi connectivity index (χ0n) is 25.6. The van der Waals surface area contributed by atoms with Crippen LogP contribution in [-0.2, 0) is 37.3 Å². The predicted molar refractivity (Wildman–Crippen MR) is 175 cm³/mol. The molecule has 4 aromatic carbocycles. The first-order valence-corrected chi connectivity index (χ1v) is 15.6. The van der Waals surface area contributed by atoms with Crippen molar-refractivity contribution >= 4 is 11.6 Å². The Bertz CT molecular complexity index is 1280. The molecule has 6 nitrogen and oxygen atoms in total. The van der Waals surface area contributed by atoms with Gasteiger partial charge in [-0.05, 0) is 96.5 Å². The molecule has 4 aromatic rings. The highest BCUT2D eigenvalue weighted by atomic mass is 32.1. The minimum atomic E-state index is -0.750. The number of phenolic OH excluding ortho intramolecular Hbond substituents is 4. The van der Waals surface area contributed by atoms with E-state index in [0.717, 1.165) is 51.4 Å². The summed E-state index contributed by atoms with van der Waals surface area (Å²) >= 11 is -0.750. The van der Waals surface area contributed by atoms with E-state index in [1.807, 2.05) is 48.5 Å². The molecule has 0 unspecified atom stereocenters. The fraction of sp³-hybridized carbons (Fsp3) is 0.333. The Kier molecular flexibility index (Phi) is 15.1. The average molecular weight is 605 g/mol. The zero-order valence-corrected chi connectivity index (χ0v) is 26.4. The zero-order chi connectivity index (χ0) is 31.8. The van der Waals surface area contributed by atoms with Crippen LogP contribution in [0.25, 0.3) is 22.3 Å². The van der Waals surface area contributed by atoms with Gasteiger partial charge in [0, 0.05) is 22.3 Å². The summed E-state index contributed by atoms with van der Waals surface area (Å²) in [5.74, 6) is 0.866. The molecular formula is C36H44O6S. The largest absolute Gasteiger partial charge is 0.507 e. The van der Waals surface area contributed by atoms with E-state index in [1.54, 1.807) is 24.3 Å². The Morgan fingerprint density at radius 1 is 0.419 bits per heavy atom. The number of hydrogen-bond acceptors (Lipinski definition) is 6. The van der Waals surface area contributed by atoms with Crippen LogP contribution in [0.2, 0.25) is 0 Å². The van der Waals surface area contributed by atoms with Crippen molar-refractivity contribution in [2.45, 2.75) is 79.1 Å². The summed E-state index contributed by atoms with van der Waals surface area (Å²) in [4.78, 5) is 0. The SMILES string of the molecule is CCCc1ccc(O)c(-c2cc(CCC)ccc2O)c1.CCCc1ccc(O)c(-c2cc(CCC)ccc2O)c1.O=S=O. The summed E-state index contributed by atoms with van der Waals surface area (Å²) in [6, 6.07) is 22.5. The van der Waals surface area contributed by atoms with Crippen molar-refractivity contribution in [3.63, 3.8) is 0 Å². The summed E-state index contributed by atoms with van der Waals surface area (Å²) in [7, 11) is 0. The van der Waals surface area contributed by atoms with Gasteiger partial charge in [0.05, 0.1) is 0 Å². The molecule has 4 N–H and O–H groups in total. The molecule has 0 aromatic heterocycles. The first-order valence-electron chi connectivity index (χ1n) is 14.9. The van der Waals surface area contributed by atoms with E-state index in [4.69, 9.17) is 8.42 Å². The molecule has 0 heterocycles. The lowest BCUT2D eigenvalue weighted by Gasteiger charge is -2.11. The molecule has 0 aliphatic carbocycles. The highest BCUT2D eigenvalue weighted by molar-refractivity contribution is 7.51. The minimum Gasteiger partial charge on any atom is -0.507 e. The van der Waals surface area contributed by atoms with Crippen LogP contribution in [0.1, 0.15) is 75.6 Å². The van der Waals surface area contributed by atoms with Gasteiger partial charge >= 0.3 is 11.6 Å². The van der Waals surface area contributed by atoms with Crippen LogP contribution < -0.4 is 0 Å². The van der Waals surface area contributed by atoms with Crippen LogP contribution in [0.5, 0.6) is 23.0 Å². The van der Waals surface area contributed by atoms with Crippen LogP contribution in [-0.4, -0.2) is 28.8 Å².